The fourth-order valence-corrected chi connectivity index (χ4v) is 2.32. The highest BCUT2D eigenvalue weighted by Crippen LogP contribution is 2.11. The molecular formula is C18H19ClN6O. The molecule has 7 nitrogen and oxygen atoms in total. The number of nitrogens with zero attached hydrogens (tertiary/aromatic N) is 6. The van der Waals surface area contributed by atoms with E-state index >= 15 is 0 Å². The van der Waals surface area contributed by atoms with Gasteiger partial charge in [-0.2, -0.15) is 10.2 Å². The van der Waals surface area contributed by atoms with Crippen molar-refractivity contribution in [1.82, 2.24) is 19.7 Å². The molecule has 8 heteroatoms. The second-order valence-corrected chi connectivity index (χ2v) is 5.50. The molecule has 0 fully saturated rings. The monoisotopic (exact) mass is 370 g/mol. The third-order valence-electron chi connectivity index (χ3n) is 3.29. The van der Waals surface area contributed by atoms with Gasteiger partial charge in [0.05, 0.1) is 6.54 Å². The van der Waals surface area contributed by atoms with Crippen molar-refractivity contribution in [2.45, 2.75) is 20.1 Å². The second-order valence-electron chi connectivity index (χ2n) is 5.12. The molecule has 26 heavy (non-hydrogen) atoms. The van der Waals surface area contributed by atoms with E-state index < -0.39 is 0 Å². The van der Waals surface area contributed by atoms with E-state index in [1.165, 1.54) is 0 Å². The van der Waals surface area contributed by atoms with Crippen molar-refractivity contribution in [3.63, 3.8) is 0 Å². The summed E-state index contributed by atoms with van der Waals surface area (Å²) in [5.74, 6) is 1.54. The van der Waals surface area contributed by atoms with Crippen LogP contribution in [-0.4, -0.2) is 32.4 Å². The summed E-state index contributed by atoms with van der Waals surface area (Å²) in [4.78, 5) is 8.37. The molecule has 0 unspecified atom stereocenters. The molecule has 134 valence electrons. The maximum atomic E-state index is 5.92. The Labute approximate surface area is 157 Å². The first-order chi connectivity index (χ1) is 12.6. The molecule has 0 aromatic carbocycles. The van der Waals surface area contributed by atoms with Crippen molar-refractivity contribution in [1.29, 1.82) is 0 Å². The van der Waals surface area contributed by atoms with E-state index in [-0.39, 0.29) is 12.5 Å². The van der Waals surface area contributed by atoms with Gasteiger partial charge >= 0.3 is 0 Å². The van der Waals surface area contributed by atoms with E-state index in [2.05, 4.69) is 45.1 Å². The maximum Gasteiger partial charge on any atom is 0.241 e. The van der Waals surface area contributed by atoms with E-state index in [9.17, 15) is 0 Å². The standard InChI is InChI=1S/C18H19ClN6O/c1-5-7-15(6-2)18(23-20-4)26-12-17-22-13(3)25(24-17)11-14-8-9-21-16(19)10-14/h5-10H,1-2,4,11-12H2,3H3/b15-7+,23-18-. The van der Waals surface area contributed by atoms with E-state index in [1.54, 1.807) is 35.2 Å². The average molecular weight is 371 g/mol. The first-order valence-electron chi connectivity index (χ1n) is 7.70. The predicted octanol–water partition coefficient (Wildman–Crippen LogP) is 3.51. The molecule has 0 spiro atoms. The third-order valence-corrected chi connectivity index (χ3v) is 3.49. The zero-order chi connectivity index (χ0) is 18.9. The number of pyridine rings is 1. The smallest absolute Gasteiger partial charge is 0.241 e. The Morgan fingerprint density at radius 2 is 2.23 bits per heavy atom. The molecule has 2 aromatic rings. The molecule has 0 aliphatic carbocycles. The van der Waals surface area contributed by atoms with Crippen molar-refractivity contribution >= 4 is 24.2 Å². The molecule has 2 rings (SSSR count). The van der Waals surface area contributed by atoms with Crippen LogP contribution in [0.5, 0.6) is 0 Å². The van der Waals surface area contributed by atoms with Gasteiger partial charge in [0.25, 0.3) is 0 Å². The van der Waals surface area contributed by atoms with Gasteiger partial charge in [0.1, 0.15) is 11.0 Å². The van der Waals surface area contributed by atoms with Crippen LogP contribution in [0.15, 0.2) is 65.5 Å². The number of ether oxygens (including phenoxy) is 1. The predicted molar refractivity (Wildman–Crippen MR) is 103 cm³/mol. The molecule has 0 atom stereocenters. The van der Waals surface area contributed by atoms with Crippen LogP contribution in [-0.2, 0) is 17.9 Å². The largest absolute Gasteiger partial charge is 0.468 e. The molecule has 0 saturated heterocycles. The summed E-state index contributed by atoms with van der Waals surface area (Å²) >= 11 is 5.92. The number of rotatable bonds is 8. The van der Waals surface area contributed by atoms with Gasteiger partial charge < -0.3 is 4.74 Å². The minimum atomic E-state index is 0.127. The van der Waals surface area contributed by atoms with Crippen LogP contribution in [0.4, 0.5) is 0 Å². The lowest BCUT2D eigenvalue weighted by atomic mass is 10.2. The molecule has 0 amide bonds. The molecule has 0 N–H and O–H groups in total. The molecule has 0 bridgehead atoms. The summed E-state index contributed by atoms with van der Waals surface area (Å²) in [6, 6.07) is 3.66. The normalized spacial score (nSPS) is 11.9. The summed E-state index contributed by atoms with van der Waals surface area (Å²) in [5.41, 5.74) is 1.61. The molecule has 2 aromatic heterocycles. The fraction of sp³-hybridized carbons (Fsp3) is 0.167. The summed E-state index contributed by atoms with van der Waals surface area (Å²) in [6.07, 6.45) is 6.56. The van der Waals surface area contributed by atoms with Crippen molar-refractivity contribution in [2.75, 3.05) is 0 Å². The zero-order valence-electron chi connectivity index (χ0n) is 14.5. The first-order valence-corrected chi connectivity index (χ1v) is 8.08. The van der Waals surface area contributed by atoms with E-state index in [4.69, 9.17) is 16.3 Å². The van der Waals surface area contributed by atoms with Crippen LogP contribution in [0.1, 0.15) is 17.2 Å². The van der Waals surface area contributed by atoms with Gasteiger partial charge in [-0.05, 0) is 24.6 Å². The van der Waals surface area contributed by atoms with Gasteiger partial charge in [0.15, 0.2) is 12.4 Å². The van der Waals surface area contributed by atoms with Gasteiger partial charge in [-0.3, -0.25) is 0 Å². The zero-order valence-corrected chi connectivity index (χ0v) is 15.2. The molecule has 0 saturated carbocycles. The molecule has 2 heterocycles. The van der Waals surface area contributed by atoms with Gasteiger partial charge in [0, 0.05) is 18.5 Å². The lowest BCUT2D eigenvalue weighted by Crippen LogP contribution is -2.08. The van der Waals surface area contributed by atoms with Crippen LogP contribution in [0.2, 0.25) is 5.15 Å². The maximum absolute atomic E-state index is 5.92. The summed E-state index contributed by atoms with van der Waals surface area (Å²) in [6.45, 7) is 13.2. The van der Waals surface area contributed by atoms with Crippen LogP contribution < -0.4 is 0 Å². The minimum Gasteiger partial charge on any atom is -0.468 e. The van der Waals surface area contributed by atoms with E-state index in [0.29, 0.717) is 23.1 Å². The fourth-order valence-electron chi connectivity index (χ4n) is 2.12. The Morgan fingerprint density at radius 3 is 2.88 bits per heavy atom. The Kier molecular flexibility index (Phi) is 6.99. The number of hydrogen-bond donors (Lipinski definition) is 0. The number of hydrogen-bond acceptors (Lipinski definition) is 6. The van der Waals surface area contributed by atoms with Gasteiger partial charge in [-0.1, -0.05) is 43.0 Å². The van der Waals surface area contributed by atoms with E-state index in [0.717, 1.165) is 11.4 Å². The van der Waals surface area contributed by atoms with Gasteiger partial charge in [-0.25, -0.2) is 14.6 Å². The number of aromatic nitrogens is 4. The third kappa shape index (κ3) is 5.22. The average Bonchev–Trinajstić information content (AvgIpc) is 2.96. The topological polar surface area (TPSA) is 77.5 Å². The summed E-state index contributed by atoms with van der Waals surface area (Å²) < 4.78 is 7.44. The Hall–Kier alpha value is -3.06. The summed E-state index contributed by atoms with van der Waals surface area (Å²) in [7, 11) is 0. The quantitative estimate of drug-likeness (QED) is 0.234. The van der Waals surface area contributed by atoms with Gasteiger partial charge in [-0.15, -0.1) is 5.10 Å². The Bertz CT molecular complexity index is 868. The van der Waals surface area contributed by atoms with Crippen LogP contribution in [0, 0.1) is 6.92 Å². The second kappa shape index (κ2) is 9.43. The first kappa shape index (κ1) is 19.3. The lowest BCUT2D eigenvalue weighted by molar-refractivity contribution is 0.281. The number of aryl methyl sites for hydroxylation is 1. The molecule has 0 radical (unpaired) electrons. The van der Waals surface area contributed by atoms with Gasteiger partial charge in [0.2, 0.25) is 5.90 Å². The van der Waals surface area contributed by atoms with Crippen molar-refractivity contribution in [3.05, 3.63) is 77.7 Å². The number of allylic oxidation sites excluding steroid dienone is 2. The van der Waals surface area contributed by atoms with Crippen LogP contribution in [0.3, 0.4) is 0 Å². The summed E-state index contributed by atoms with van der Waals surface area (Å²) in [5, 5.41) is 12.3. The Morgan fingerprint density at radius 1 is 1.42 bits per heavy atom. The molecule has 0 aliphatic rings. The highest BCUT2D eigenvalue weighted by atomic mass is 35.5. The van der Waals surface area contributed by atoms with Crippen molar-refractivity contribution in [2.24, 2.45) is 10.2 Å². The van der Waals surface area contributed by atoms with Crippen molar-refractivity contribution in [3.8, 4) is 0 Å². The van der Waals surface area contributed by atoms with Crippen LogP contribution in [0.25, 0.3) is 0 Å². The van der Waals surface area contributed by atoms with Crippen molar-refractivity contribution < 1.29 is 4.74 Å². The lowest BCUT2D eigenvalue weighted by Gasteiger charge is -2.06. The van der Waals surface area contributed by atoms with E-state index in [1.807, 2.05) is 13.0 Å². The highest BCUT2D eigenvalue weighted by molar-refractivity contribution is 6.29. The highest BCUT2D eigenvalue weighted by Gasteiger charge is 2.11. The molecule has 0 aliphatic heterocycles. The SMILES string of the molecule is C=C/C=C(C=C)/C(=N/N=C)OCc1nc(C)n(Cc2ccnc(Cl)c2)n1. The van der Waals surface area contributed by atoms with Crippen LogP contribution >= 0.6 is 11.6 Å². The Balaban J connectivity index is 2.12. The minimum absolute atomic E-state index is 0.127. The molecular weight excluding hydrogens is 352 g/mol. The number of halogens is 1.